The minimum atomic E-state index is -0.147. The van der Waals surface area contributed by atoms with Crippen molar-refractivity contribution in [1.82, 2.24) is 9.96 Å². The van der Waals surface area contributed by atoms with Crippen LogP contribution in [0.4, 0.5) is 0 Å². The van der Waals surface area contributed by atoms with Crippen LogP contribution < -0.4 is 9.96 Å². The monoisotopic (exact) mass is 146 g/mol. The molecule has 9 heavy (non-hydrogen) atoms. The molecule has 0 aromatic carbocycles. The van der Waals surface area contributed by atoms with Crippen molar-refractivity contribution in [2.24, 2.45) is 0 Å². The van der Waals surface area contributed by atoms with Gasteiger partial charge >= 0.3 is 0 Å². The molecule has 0 bridgehead atoms. The molecule has 0 aromatic heterocycles. The van der Waals surface area contributed by atoms with Gasteiger partial charge in [0, 0.05) is 0 Å². The minimum absolute atomic E-state index is 0.147. The highest BCUT2D eigenvalue weighted by Crippen LogP contribution is 1.83. The van der Waals surface area contributed by atoms with Gasteiger partial charge in [-0.1, -0.05) is 20.8 Å². The summed E-state index contributed by atoms with van der Waals surface area (Å²) >= 11 is 0. The van der Waals surface area contributed by atoms with Gasteiger partial charge in [0.15, 0.2) is 9.84 Å². The van der Waals surface area contributed by atoms with Gasteiger partial charge in [-0.25, -0.2) is 0 Å². The van der Waals surface area contributed by atoms with Gasteiger partial charge in [0.25, 0.3) is 0 Å². The van der Waals surface area contributed by atoms with E-state index in [0.717, 1.165) is 6.54 Å². The molecular formula is C6H18N2Si. The van der Waals surface area contributed by atoms with Gasteiger partial charge in [-0.2, -0.15) is 0 Å². The van der Waals surface area contributed by atoms with E-state index in [0.29, 0.717) is 6.04 Å². The van der Waals surface area contributed by atoms with Crippen LogP contribution in [0.15, 0.2) is 0 Å². The Morgan fingerprint density at radius 1 is 1.44 bits per heavy atom. The van der Waals surface area contributed by atoms with Crippen LogP contribution in [0.5, 0.6) is 0 Å². The fourth-order valence-electron chi connectivity index (χ4n) is 0.516. The van der Waals surface area contributed by atoms with E-state index in [1.165, 1.54) is 6.42 Å². The fraction of sp³-hybridized carbons (Fsp3) is 1.00. The third-order valence-corrected chi connectivity index (χ3v) is 3.09. The first-order valence-corrected chi connectivity index (χ1v) is 5.16. The Labute approximate surface area is 60.4 Å². The Hall–Kier alpha value is 0.137. The largest absolute Gasteiger partial charge is 0.331 e. The normalized spacial score (nSPS) is 15.0. The smallest absolute Gasteiger partial charge is 0.167 e. The van der Waals surface area contributed by atoms with Gasteiger partial charge in [0.2, 0.25) is 0 Å². The van der Waals surface area contributed by atoms with E-state index < -0.39 is 0 Å². The lowest BCUT2D eigenvalue weighted by atomic mass is 10.3. The second kappa shape index (κ2) is 6.26. The van der Waals surface area contributed by atoms with Crippen molar-refractivity contribution in [3.8, 4) is 0 Å². The van der Waals surface area contributed by atoms with Gasteiger partial charge in [-0.3, -0.25) is 0 Å². The first kappa shape index (κ1) is 9.14. The summed E-state index contributed by atoms with van der Waals surface area (Å²) in [5, 5.41) is 0. The minimum Gasteiger partial charge on any atom is -0.331 e. The van der Waals surface area contributed by atoms with E-state index in [2.05, 4.69) is 30.7 Å². The number of hydrogen-bond acceptors (Lipinski definition) is 2. The molecule has 0 radical (unpaired) electrons. The second-order valence-corrected chi connectivity index (χ2v) is 3.56. The Balaban J connectivity index is 2.88. The summed E-state index contributed by atoms with van der Waals surface area (Å²) in [4.78, 5) is 6.80. The molecule has 0 heterocycles. The molecule has 2 nitrogen and oxygen atoms in total. The fourth-order valence-corrected chi connectivity index (χ4v) is 1.55. The zero-order chi connectivity index (χ0) is 7.11. The van der Waals surface area contributed by atoms with Crippen molar-refractivity contribution >= 4 is 9.84 Å². The lowest BCUT2D eigenvalue weighted by Crippen LogP contribution is -2.38. The molecule has 56 valence electrons. The Bertz CT molecular complexity index is 59.0. The van der Waals surface area contributed by atoms with Crippen molar-refractivity contribution < 1.29 is 0 Å². The summed E-state index contributed by atoms with van der Waals surface area (Å²) in [6, 6.07) is 0.704. The van der Waals surface area contributed by atoms with Crippen molar-refractivity contribution in [1.29, 1.82) is 0 Å². The average Bonchev–Trinajstić information content (AvgIpc) is 1.89. The third kappa shape index (κ3) is 6.02. The predicted octanol–water partition coefficient (Wildman–Crippen LogP) is -0.0172. The maximum atomic E-state index is 3.46. The van der Waals surface area contributed by atoms with Crippen LogP contribution in [0.2, 0.25) is 0 Å². The van der Waals surface area contributed by atoms with Crippen LogP contribution in [0.25, 0.3) is 0 Å². The Kier molecular flexibility index (Phi) is 6.35. The molecule has 0 fully saturated rings. The number of nitrogens with one attached hydrogen (secondary N) is 2. The van der Waals surface area contributed by atoms with Crippen LogP contribution in [0.1, 0.15) is 27.2 Å². The highest BCUT2D eigenvalue weighted by atomic mass is 28.2. The Morgan fingerprint density at radius 2 is 2.11 bits per heavy atom. The van der Waals surface area contributed by atoms with E-state index in [9.17, 15) is 0 Å². The van der Waals surface area contributed by atoms with Gasteiger partial charge in [-0.05, 0) is 19.0 Å². The van der Waals surface area contributed by atoms with Crippen molar-refractivity contribution in [3.63, 3.8) is 0 Å². The highest BCUT2D eigenvalue weighted by Gasteiger charge is 1.93. The molecule has 0 aliphatic heterocycles. The van der Waals surface area contributed by atoms with E-state index in [4.69, 9.17) is 0 Å². The first-order valence-electron chi connectivity index (χ1n) is 3.75. The van der Waals surface area contributed by atoms with E-state index in [1.54, 1.807) is 0 Å². The molecule has 3 heteroatoms. The molecule has 0 aromatic rings. The average molecular weight is 146 g/mol. The van der Waals surface area contributed by atoms with Crippen molar-refractivity contribution in [2.75, 3.05) is 6.54 Å². The summed E-state index contributed by atoms with van der Waals surface area (Å²) in [5.74, 6) is 0. The first-order chi connectivity index (χ1) is 4.31. The van der Waals surface area contributed by atoms with Crippen LogP contribution in [0.3, 0.4) is 0 Å². The highest BCUT2D eigenvalue weighted by molar-refractivity contribution is 6.28. The molecule has 0 aliphatic rings. The number of hydrogen-bond donors (Lipinski definition) is 2. The van der Waals surface area contributed by atoms with Crippen molar-refractivity contribution in [2.45, 2.75) is 33.2 Å². The molecule has 0 spiro atoms. The molecule has 0 aliphatic carbocycles. The summed E-state index contributed by atoms with van der Waals surface area (Å²) in [7, 11) is -0.147. The molecule has 0 rings (SSSR count). The summed E-state index contributed by atoms with van der Waals surface area (Å²) in [6.45, 7) is 7.68. The standard InChI is InChI=1S/C6H18N2Si/c1-4-6(3)8-9-7-5-2/h6-8H,4-5,9H2,1-3H3. The lowest BCUT2D eigenvalue weighted by Gasteiger charge is -2.09. The van der Waals surface area contributed by atoms with Gasteiger partial charge < -0.3 is 9.96 Å². The van der Waals surface area contributed by atoms with Crippen molar-refractivity contribution in [3.05, 3.63) is 0 Å². The zero-order valence-electron chi connectivity index (χ0n) is 6.70. The molecule has 2 N–H and O–H groups in total. The van der Waals surface area contributed by atoms with E-state index in [-0.39, 0.29) is 9.84 Å². The van der Waals surface area contributed by atoms with Crippen LogP contribution in [-0.2, 0) is 0 Å². The third-order valence-electron chi connectivity index (χ3n) is 1.44. The van der Waals surface area contributed by atoms with E-state index in [1.807, 2.05) is 0 Å². The summed E-state index contributed by atoms with van der Waals surface area (Å²) in [6.07, 6.45) is 1.23. The van der Waals surface area contributed by atoms with Gasteiger partial charge in [0.05, 0.1) is 0 Å². The topological polar surface area (TPSA) is 24.1 Å². The lowest BCUT2D eigenvalue weighted by molar-refractivity contribution is 0.649. The zero-order valence-corrected chi connectivity index (χ0v) is 8.11. The molecule has 0 amide bonds. The molecule has 1 unspecified atom stereocenters. The number of rotatable bonds is 5. The predicted molar refractivity (Wildman–Crippen MR) is 45.1 cm³/mol. The molecular weight excluding hydrogens is 128 g/mol. The van der Waals surface area contributed by atoms with Crippen LogP contribution in [-0.4, -0.2) is 22.4 Å². The van der Waals surface area contributed by atoms with E-state index >= 15 is 0 Å². The van der Waals surface area contributed by atoms with Gasteiger partial charge in [-0.15, -0.1) is 0 Å². The second-order valence-electron chi connectivity index (χ2n) is 2.29. The SMILES string of the molecule is CCN[SiH2]NC(C)CC. The molecule has 0 saturated carbocycles. The maximum Gasteiger partial charge on any atom is 0.167 e. The summed E-state index contributed by atoms with van der Waals surface area (Å²) in [5.41, 5.74) is 0. The summed E-state index contributed by atoms with van der Waals surface area (Å²) < 4.78 is 0. The Morgan fingerprint density at radius 3 is 2.56 bits per heavy atom. The molecule has 0 saturated heterocycles. The maximum absolute atomic E-state index is 3.46. The van der Waals surface area contributed by atoms with Crippen LogP contribution >= 0.6 is 0 Å². The van der Waals surface area contributed by atoms with Crippen LogP contribution in [0, 0.1) is 0 Å². The quantitative estimate of drug-likeness (QED) is 0.421. The molecule has 1 atom stereocenters. The van der Waals surface area contributed by atoms with Gasteiger partial charge in [0.1, 0.15) is 0 Å².